The minimum absolute atomic E-state index is 0.0420. The SMILES string of the molecule is Cn1nc(OCC(F)(F)F)cc1C(=O)Nc1cc([C@@H]2C[C@H](F)[C@H](OC(=O)NC34CC(C3)C4)C2)[nH]n1. The maximum absolute atomic E-state index is 14.5. The summed E-state index contributed by atoms with van der Waals surface area (Å²) in [6, 6.07) is 2.62. The van der Waals surface area contributed by atoms with E-state index in [1.807, 2.05) is 0 Å². The van der Waals surface area contributed by atoms with Crippen molar-refractivity contribution in [2.75, 3.05) is 11.9 Å². The minimum atomic E-state index is -4.53. The van der Waals surface area contributed by atoms with Crippen molar-refractivity contribution in [3.63, 3.8) is 0 Å². The van der Waals surface area contributed by atoms with Crippen LogP contribution in [0, 0.1) is 5.92 Å². The molecule has 2 bridgehead atoms. The first-order valence-electron chi connectivity index (χ1n) is 11.2. The third-order valence-corrected chi connectivity index (χ3v) is 6.85. The molecular formula is C21H24F4N6O4. The summed E-state index contributed by atoms with van der Waals surface area (Å²) in [5.74, 6) is -0.471. The van der Waals surface area contributed by atoms with Gasteiger partial charge in [-0.25, -0.2) is 9.18 Å². The van der Waals surface area contributed by atoms with Gasteiger partial charge in [0.1, 0.15) is 18.0 Å². The number of nitrogens with one attached hydrogen (secondary N) is 3. The molecular weight excluding hydrogens is 476 g/mol. The molecule has 4 aliphatic rings. The number of aromatic amines is 1. The van der Waals surface area contributed by atoms with E-state index < -0.39 is 37.1 Å². The average Bonchev–Trinajstić information content (AvgIpc) is 3.41. The number of anilines is 1. The van der Waals surface area contributed by atoms with Crippen molar-refractivity contribution in [3.8, 4) is 5.88 Å². The Hall–Kier alpha value is -3.32. The summed E-state index contributed by atoms with van der Waals surface area (Å²) in [6.45, 7) is -1.53. The second kappa shape index (κ2) is 8.41. The van der Waals surface area contributed by atoms with E-state index in [2.05, 4.69) is 30.7 Å². The lowest BCUT2D eigenvalue weighted by atomic mass is 9.50. The zero-order valence-corrected chi connectivity index (χ0v) is 18.7. The molecule has 35 heavy (non-hydrogen) atoms. The van der Waals surface area contributed by atoms with Crippen LogP contribution in [0.5, 0.6) is 5.88 Å². The number of alkyl halides is 4. The number of rotatable bonds is 7. The Kier molecular flexibility index (Phi) is 5.63. The zero-order chi connectivity index (χ0) is 25.0. The predicted octanol–water partition coefficient (Wildman–Crippen LogP) is 3.20. The van der Waals surface area contributed by atoms with Gasteiger partial charge < -0.3 is 20.1 Å². The van der Waals surface area contributed by atoms with Gasteiger partial charge in [0, 0.05) is 36.3 Å². The molecule has 0 spiro atoms. The molecule has 14 heteroatoms. The molecule has 10 nitrogen and oxygen atoms in total. The van der Waals surface area contributed by atoms with Gasteiger partial charge >= 0.3 is 12.3 Å². The summed E-state index contributed by atoms with van der Waals surface area (Å²) in [7, 11) is 1.38. The lowest BCUT2D eigenvalue weighted by Crippen LogP contribution is -2.68. The highest BCUT2D eigenvalue weighted by atomic mass is 19.4. The van der Waals surface area contributed by atoms with Crippen LogP contribution in [0.1, 0.15) is 54.2 Å². The number of H-pyrrole nitrogens is 1. The van der Waals surface area contributed by atoms with Crippen molar-refractivity contribution in [2.45, 2.75) is 62.0 Å². The van der Waals surface area contributed by atoms with Gasteiger partial charge in [0.2, 0.25) is 5.88 Å². The average molecular weight is 500 g/mol. The summed E-state index contributed by atoms with van der Waals surface area (Å²) in [5.41, 5.74) is 0.369. The smallest absolute Gasteiger partial charge is 0.422 e. The molecule has 0 unspecified atom stereocenters. The van der Waals surface area contributed by atoms with Crippen molar-refractivity contribution in [1.29, 1.82) is 0 Å². The second-order valence-electron chi connectivity index (χ2n) is 9.57. The van der Waals surface area contributed by atoms with Crippen LogP contribution in [0.15, 0.2) is 12.1 Å². The molecule has 0 saturated heterocycles. The third-order valence-electron chi connectivity index (χ3n) is 6.85. The molecule has 2 aromatic rings. The Morgan fingerprint density at radius 1 is 1.26 bits per heavy atom. The van der Waals surface area contributed by atoms with Gasteiger partial charge in [-0.1, -0.05) is 0 Å². The summed E-state index contributed by atoms with van der Waals surface area (Å²) in [4.78, 5) is 24.7. The van der Waals surface area contributed by atoms with Crippen LogP contribution in [0.25, 0.3) is 0 Å². The molecule has 0 radical (unpaired) electrons. The van der Waals surface area contributed by atoms with Gasteiger partial charge in [-0.3, -0.25) is 14.6 Å². The lowest BCUT2D eigenvalue weighted by Gasteiger charge is -2.61. The Morgan fingerprint density at radius 2 is 2.00 bits per heavy atom. The Labute approximate surface area is 196 Å². The molecule has 6 rings (SSSR count). The number of ether oxygens (including phenoxy) is 2. The standard InChI is InChI=1S/C21H24F4N6O4/c1-31-14(5-17(30-31)34-9-21(23,24)25)18(32)26-16-4-13(28-29-16)11-2-12(22)15(3-11)35-19(33)27-20-6-10(7-20)8-20/h4-5,10-12,15H,2-3,6-9H2,1H3,(H,27,33)(H2,26,28,29,32)/t10?,11-,12+,15-,20?/m1/s1. The van der Waals surface area contributed by atoms with Gasteiger partial charge in [-0.05, 0) is 38.0 Å². The number of carbonyl (C=O) groups is 2. The predicted molar refractivity (Wildman–Crippen MR) is 112 cm³/mol. The van der Waals surface area contributed by atoms with Crippen LogP contribution in [-0.2, 0) is 11.8 Å². The monoisotopic (exact) mass is 500 g/mol. The lowest BCUT2D eigenvalue weighted by molar-refractivity contribution is -0.154. The number of aromatic nitrogens is 4. The van der Waals surface area contributed by atoms with Gasteiger partial charge in [-0.15, -0.1) is 5.10 Å². The van der Waals surface area contributed by atoms with E-state index in [0.29, 0.717) is 11.6 Å². The van der Waals surface area contributed by atoms with Crippen LogP contribution in [0.3, 0.4) is 0 Å². The first kappa shape index (κ1) is 23.4. The molecule has 2 amide bonds. The fourth-order valence-corrected chi connectivity index (χ4v) is 5.01. The first-order valence-corrected chi connectivity index (χ1v) is 11.2. The number of hydrogen-bond donors (Lipinski definition) is 3. The molecule has 2 heterocycles. The Morgan fingerprint density at radius 3 is 2.66 bits per heavy atom. The van der Waals surface area contributed by atoms with E-state index in [-0.39, 0.29) is 41.7 Å². The van der Waals surface area contributed by atoms with E-state index in [1.54, 1.807) is 0 Å². The zero-order valence-electron chi connectivity index (χ0n) is 18.7. The summed E-state index contributed by atoms with van der Waals surface area (Å²) >= 11 is 0. The maximum Gasteiger partial charge on any atom is 0.422 e. The van der Waals surface area contributed by atoms with E-state index in [0.717, 1.165) is 30.0 Å². The van der Waals surface area contributed by atoms with Crippen LogP contribution >= 0.6 is 0 Å². The van der Waals surface area contributed by atoms with Gasteiger partial charge in [0.25, 0.3) is 5.91 Å². The molecule has 3 N–H and O–H groups in total. The summed E-state index contributed by atoms with van der Waals surface area (Å²) in [5, 5.41) is 15.9. The molecule has 0 aliphatic heterocycles. The number of carbonyl (C=O) groups excluding carboxylic acids is 2. The van der Waals surface area contributed by atoms with Crippen LogP contribution < -0.4 is 15.4 Å². The fraction of sp³-hybridized carbons (Fsp3) is 0.619. The molecule has 0 aromatic carbocycles. The second-order valence-corrected chi connectivity index (χ2v) is 9.57. The number of halogens is 4. The van der Waals surface area contributed by atoms with Crippen LogP contribution in [0.4, 0.5) is 28.2 Å². The summed E-state index contributed by atoms with van der Waals surface area (Å²) < 4.78 is 62.5. The van der Waals surface area contributed by atoms with Crippen molar-refractivity contribution >= 4 is 17.8 Å². The van der Waals surface area contributed by atoms with E-state index in [4.69, 9.17) is 4.74 Å². The van der Waals surface area contributed by atoms with Gasteiger partial charge in [0.05, 0.1) is 0 Å². The van der Waals surface area contributed by atoms with Crippen molar-refractivity contribution in [2.24, 2.45) is 13.0 Å². The van der Waals surface area contributed by atoms with Crippen molar-refractivity contribution in [3.05, 3.63) is 23.5 Å². The molecule has 190 valence electrons. The van der Waals surface area contributed by atoms with E-state index >= 15 is 0 Å². The molecule has 4 fully saturated rings. The number of amides is 2. The largest absolute Gasteiger partial charge is 0.467 e. The number of nitrogens with zero attached hydrogens (tertiary/aromatic N) is 3. The van der Waals surface area contributed by atoms with Gasteiger partial charge in [0.15, 0.2) is 12.4 Å². The number of aryl methyl sites for hydroxylation is 1. The van der Waals surface area contributed by atoms with Crippen molar-refractivity contribution < 1.29 is 36.6 Å². The molecule has 4 aliphatic carbocycles. The first-order chi connectivity index (χ1) is 16.5. The molecule has 4 saturated carbocycles. The topological polar surface area (TPSA) is 123 Å². The minimum Gasteiger partial charge on any atom is -0.467 e. The quantitative estimate of drug-likeness (QED) is 0.502. The van der Waals surface area contributed by atoms with Crippen LogP contribution in [-0.4, -0.2) is 62.6 Å². The normalized spacial score (nSPS) is 29.2. The highest BCUT2D eigenvalue weighted by Crippen LogP contribution is 2.57. The molecule has 3 atom stereocenters. The summed E-state index contributed by atoms with van der Waals surface area (Å²) in [6.07, 6.45) is -4.07. The maximum atomic E-state index is 14.5. The van der Waals surface area contributed by atoms with Gasteiger partial charge in [-0.2, -0.15) is 18.3 Å². The highest BCUT2D eigenvalue weighted by molar-refractivity contribution is 6.02. The number of hydrogen-bond acceptors (Lipinski definition) is 6. The number of alkyl carbamates (subject to hydrolysis) is 1. The Bertz CT molecular complexity index is 1110. The van der Waals surface area contributed by atoms with E-state index in [1.165, 1.54) is 13.1 Å². The van der Waals surface area contributed by atoms with Crippen LogP contribution in [0.2, 0.25) is 0 Å². The highest BCUT2D eigenvalue weighted by Gasteiger charge is 2.58. The third kappa shape index (κ3) is 4.91. The van der Waals surface area contributed by atoms with Crippen molar-refractivity contribution in [1.82, 2.24) is 25.3 Å². The molecule has 2 aromatic heterocycles. The fourth-order valence-electron chi connectivity index (χ4n) is 5.01. The Balaban J connectivity index is 1.14. The van der Waals surface area contributed by atoms with E-state index in [9.17, 15) is 27.2 Å².